The van der Waals surface area contributed by atoms with E-state index >= 15 is 0 Å². The van der Waals surface area contributed by atoms with E-state index in [2.05, 4.69) is 15.6 Å². The van der Waals surface area contributed by atoms with Gasteiger partial charge in [-0.2, -0.15) is 0 Å². The van der Waals surface area contributed by atoms with Crippen molar-refractivity contribution in [3.05, 3.63) is 59.0 Å². The first-order valence-electron chi connectivity index (χ1n) is 7.20. The van der Waals surface area contributed by atoms with Gasteiger partial charge in [0.1, 0.15) is 17.0 Å². The number of nitrogens with one attached hydrogen (secondary N) is 2. The first-order chi connectivity index (χ1) is 11.6. The average molecular weight is 341 g/mol. The van der Waals surface area contributed by atoms with Crippen LogP contribution in [0.5, 0.6) is 0 Å². The Hall–Kier alpha value is -2.93. The number of nitrogens with zero attached hydrogens (tertiary/aromatic N) is 1. The Bertz CT molecular complexity index is 884. The van der Waals surface area contributed by atoms with Crippen molar-refractivity contribution >= 4 is 28.8 Å². The summed E-state index contributed by atoms with van der Waals surface area (Å²) in [6.45, 7) is 1.86. The van der Waals surface area contributed by atoms with E-state index in [1.165, 1.54) is 11.3 Å². The molecule has 0 bridgehead atoms. The molecule has 0 aliphatic carbocycles. The van der Waals surface area contributed by atoms with Gasteiger partial charge >= 0.3 is 0 Å². The van der Waals surface area contributed by atoms with Gasteiger partial charge in [0, 0.05) is 29.2 Å². The zero-order chi connectivity index (χ0) is 17.1. The third-order valence-corrected chi connectivity index (χ3v) is 4.37. The fourth-order valence-corrected chi connectivity index (χ4v) is 2.91. The van der Waals surface area contributed by atoms with Crippen molar-refractivity contribution in [2.75, 3.05) is 12.4 Å². The zero-order valence-electron chi connectivity index (χ0n) is 13.1. The summed E-state index contributed by atoms with van der Waals surface area (Å²) in [4.78, 5) is 28.5. The van der Waals surface area contributed by atoms with Crippen molar-refractivity contribution < 1.29 is 14.0 Å². The second-order valence-corrected chi connectivity index (χ2v) is 5.97. The van der Waals surface area contributed by atoms with Crippen LogP contribution in [0.25, 0.3) is 10.6 Å². The van der Waals surface area contributed by atoms with Gasteiger partial charge in [-0.3, -0.25) is 9.59 Å². The van der Waals surface area contributed by atoms with E-state index in [-0.39, 0.29) is 11.8 Å². The van der Waals surface area contributed by atoms with Gasteiger partial charge in [0.05, 0.1) is 6.26 Å². The molecule has 3 aromatic rings. The molecule has 7 heteroatoms. The number of thiazole rings is 1. The molecule has 2 N–H and O–H groups in total. The van der Waals surface area contributed by atoms with Crippen LogP contribution in [0.4, 0.5) is 5.69 Å². The molecule has 122 valence electrons. The van der Waals surface area contributed by atoms with Crippen LogP contribution in [0.3, 0.4) is 0 Å². The molecule has 24 heavy (non-hydrogen) atoms. The van der Waals surface area contributed by atoms with E-state index in [1.807, 2.05) is 6.92 Å². The lowest BCUT2D eigenvalue weighted by Gasteiger charge is -2.09. The molecule has 0 spiro atoms. The highest BCUT2D eigenvalue weighted by Gasteiger charge is 2.14. The van der Waals surface area contributed by atoms with Crippen molar-refractivity contribution in [2.45, 2.75) is 6.92 Å². The number of benzene rings is 1. The molecule has 2 aromatic heterocycles. The maximum atomic E-state index is 12.4. The molecule has 1 aromatic carbocycles. The largest absolute Gasteiger partial charge is 0.472 e. The first kappa shape index (κ1) is 15.9. The number of aromatic nitrogens is 1. The normalized spacial score (nSPS) is 10.4. The average Bonchev–Trinajstić information content (AvgIpc) is 3.27. The highest BCUT2D eigenvalue weighted by Crippen LogP contribution is 2.25. The first-order valence-corrected chi connectivity index (χ1v) is 8.08. The molecular formula is C17H15N3O3S. The highest BCUT2D eigenvalue weighted by atomic mass is 32.1. The maximum Gasteiger partial charge on any atom is 0.275 e. The Balaban J connectivity index is 1.81. The summed E-state index contributed by atoms with van der Waals surface area (Å²) in [7, 11) is 1.56. The smallest absolute Gasteiger partial charge is 0.275 e. The molecular weight excluding hydrogens is 326 g/mol. The predicted molar refractivity (Wildman–Crippen MR) is 92.3 cm³/mol. The molecule has 0 saturated carbocycles. The van der Waals surface area contributed by atoms with Crippen molar-refractivity contribution in [1.82, 2.24) is 10.3 Å². The Kier molecular flexibility index (Phi) is 4.43. The standard InChI is InChI=1S/C17H15N3O3S/c1-10-3-4-11(15(21)18-2)7-13(10)19-16(22)14-9-24-17(20-14)12-5-6-23-8-12/h3-9H,1-2H3,(H,18,21)(H,19,22). The van der Waals surface area contributed by atoms with Gasteiger partial charge in [-0.15, -0.1) is 11.3 Å². The Labute approximate surface area is 142 Å². The maximum absolute atomic E-state index is 12.4. The molecule has 0 fully saturated rings. The summed E-state index contributed by atoms with van der Waals surface area (Å²) in [5.74, 6) is -0.528. The molecule has 0 unspecified atom stereocenters. The second kappa shape index (κ2) is 6.67. The molecule has 0 atom stereocenters. The quantitative estimate of drug-likeness (QED) is 0.762. The van der Waals surface area contributed by atoms with E-state index in [0.717, 1.165) is 11.1 Å². The minimum atomic E-state index is -0.321. The number of furan rings is 1. The van der Waals surface area contributed by atoms with Crippen LogP contribution in [0.15, 0.2) is 46.6 Å². The number of amides is 2. The summed E-state index contributed by atoms with van der Waals surface area (Å²) in [6, 6.07) is 6.94. The Morgan fingerprint density at radius 3 is 2.75 bits per heavy atom. The third-order valence-electron chi connectivity index (χ3n) is 3.48. The van der Waals surface area contributed by atoms with Crippen LogP contribution in [-0.2, 0) is 0 Å². The van der Waals surface area contributed by atoms with Gasteiger partial charge < -0.3 is 15.1 Å². The van der Waals surface area contributed by atoms with Crippen LogP contribution < -0.4 is 10.6 Å². The van der Waals surface area contributed by atoms with Crippen LogP contribution in [0.1, 0.15) is 26.4 Å². The monoisotopic (exact) mass is 341 g/mol. The number of carbonyl (C=O) groups excluding carboxylic acids is 2. The summed E-state index contributed by atoms with van der Waals surface area (Å²) >= 11 is 1.37. The van der Waals surface area contributed by atoms with Crippen LogP contribution >= 0.6 is 11.3 Å². The number of hydrogen-bond donors (Lipinski definition) is 2. The van der Waals surface area contributed by atoms with Crippen LogP contribution in [-0.4, -0.2) is 23.8 Å². The predicted octanol–water partition coefficient (Wildman–Crippen LogP) is 3.32. The van der Waals surface area contributed by atoms with Gasteiger partial charge in [-0.05, 0) is 30.7 Å². The molecule has 2 amide bonds. The zero-order valence-corrected chi connectivity index (χ0v) is 13.9. The minimum Gasteiger partial charge on any atom is -0.472 e. The van der Waals surface area contributed by atoms with Gasteiger partial charge in [-0.1, -0.05) is 6.07 Å². The number of rotatable bonds is 4. The molecule has 0 radical (unpaired) electrons. The lowest BCUT2D eigenvalue weighted by molar-refractivity contribution is 0.0961. The Morgan fingerprint density at radius 1 is 1.21 bits per heavy atom. The van der Waals surface area contributed by atoms with Crippen molar-refractivity contribution in [1.29, 1.82) is 0 Å². The molecule has 0 saturated heterocycles. The van der Waals surface area contributed by atoms with Gasteiger partial charge in [0.2, 0.25) is 0 Å². The second-order valence-electron chi connectivity index (χ2n) is 5.11. The summed E-state index contributed by atoms with van der Waals surface area (Å²) in [6.07, 6.45) is 3.14. The Morgan fingerprint density at radius 2 is 2.04 bits per heavy atom. The fraction of sp³-hybridized carbons (Fsp3) is 0.118. The summed E-state index contributed by atoms with van der Waals surface area (Å²) in [5, 5.41) is 7.77. The highest BCUT2D eigenvalue weighted by molar-refractivity contribution is 7.13. The van der Waals surface area contributed by atoms with E-state index < -0.39 is 0 Å². The van der Waals surface area contributed by atoms with Gasteiger partial charge in [0.25, 0.3) is 11.8 Å². The summed E-state index contributed by atoms with van der Waals surface area (Å²) in [5.41, 5.74) is 3.08. The number of carbonyl (C=O) groups is 2. The third kappa shape index (κ3) is 3.21. The van der Waals surface area contributed by atoms with E-state index in [1.54, 1.807) is 49.2 Å². The minimum absolute atomic E-state index is 0.207. The topological polar surface area (TPSA) is 84.2 Å². The van der Waals surface area contributed by atoms with E-state index in [9.17, 15) is 9.59 Å². The summed E-state index contributed by atoms with van der Waals surface area (Å²) < 4.78 is 5.02. The number of anilines is 1. The number of aryl methyl sites for hydroxylation is 1. The van der Waals surface area contributed by atoms with Crippen molar-refractivity contribution in [3.8, 4) is 10.6 Å². The number of hydrogen-bond acceptors (Lipinski definition) is 5. The molecule has 0 aliphatic heterocycles. The molecule has 3 rings (SSSR count). The van der Waals surface area contributed by atoms with Crippen molar-refractivity contribution in [3.63, 3.8) is 0 Å². The van der Waals surface area contributed by atoms with Gasteiger partial charge in [-0.25, -0.2) is 4.98 Å². The van der Waals surface area contributed by atoms with E-state index in [4.69, 9.17) is 4.42 Å². The SMILES string of the molecule is CNC(=O)c1ccc(C)c(NC(=O)c2csc(-c3ccoc3)n2)c1. The van der Waals surface area contributed by atoms with Crippen LogP contribution in [0.2, 0.25) is 0 Å². The van der Waals surface area contributed by atoms with E-state index in [0.29, 0.717) is 22.0 Å². The lowest BCUT2D eigenvalue weighted by atomic mass is 10.1. The molecule has 2 heterocycles. The van der Waals surface area contributed by atoms with Gasteiger partial charge in [0.15, 0.2) is 0 Å². The molecule has 6 nitrogen and oxygen atoms in total. The fourth-order valence-electron chi connectivity index (χ4n) is 2.13. The van der Waals surface area contributed by atoms with Crippen molar-refractivity contribution in [2.24, 2.45) is 0 Å². The molecule has 0 aliphatic rings. The lowest BCUT2D eigenvalue weighted by Crippen LogP contribution is -2.19. The van der Waals surface area contributed by atoms with Crippen LogP contribution in [0, 0.1) is 6.92 Å².